The quantitative estimate of drug-likeness (QED) is 0.765. The number of likely N-dealkylation sites (N-methyl/N-ethyl adjacent to an activating group) is 1. The van der Waals surface area contributed by atoms with Crippen molar-refractivity contribution < 1.29 is 4.79 Å². The molecule has 6 heteroatoms. The molecule has 1 aliphatic rings. The summed E-state index contributed by atoms with van der Waals surface area (Å²) >= 11 is 0. The molecule has 0 unspecified atom stereocenters. The molecule has 0 saturated carbocycles. The molecule has 1 aliphatic heterocycles. The van der Waals surface area contributed by atoms with Crippen LogP contribution >= 0.6 is 0 Å². The van der Waals surface area contributed by atoms with E-state index in [2.05, 4.69) is 45.9 Å². The van der Waals surface area contributed by atoms with Crippen LogP contribution < -0.4 is 5.32 Å². The van der Waals surface area contributed by atoms with Gasteiger partial charge in [-0.05, 0) is 13.1 Å². The Balaban J connectivity index is 2.48. The van der Waals surface area contributed by atoms with Crippen molar-refractivity contribution in [2.75, 3.05) is 26.2 Å². The first-order chi connectivity index (χ1) is 7.67. The molecule has 88 valence electrons. The maximum absolute atomic E-state index is 10.9. The van der Waals surface area contributed by atoms with E-state index >= 15 is 0 Å². The fourth-order valence-corrected chi connectivity index (χ4v) is 1.33. The van der Waals surface area contributed by atoms with E-state index in [9.17, 15) is 4.79 Å². The summed E-state index contributed by atoms with van der Waals surface area (Å²) in [4.78, 5) is 17.4. The summed E-state index contributed by atoms with van der Waals surface area (Å²) in [6, 6.07) is -0.492. The first-order valence-electron chi connectivity index (χ1n) is 5.36. The lowest BCUT2D eigenvalue weighted by Crippen LogP contribution is -2.33. The predicted molar refractivity (Wildman–Crippen MR) is 62.6 cm³/mol. The maximum atomic E-state index is 10.9. The maximum Gasteiger partial charge on any atom is 0.365 e. The summed E-state index contributed by atoms with van der Waals surface area (Å²) in [6.45, 7) is 11.3. The number of nitrogens with zero attached hydrogens (tertiary/aromatic N) is 4. The topological polar surface area (TPSA) is 69.4 Å². The lowest BCUT2D eigenvalue weighted by atomic mass is 10.4. The van der Waals surface area contributed by atoms with E-state index in [0.29, 0.717) is 18.1 Å². The number of hydrogen-bond donors (Lipinski definition) is 1. The van der Waals surface area contributed by atoms with Crippen LogP contribution in [0.5, 0.6) is 0 Å². The van der Waals surface area contributed by atoms with Crippen LogP contribution in [0.1, 0.15) is 13.8 Å². The van der Waals surface area contributed by atoms with Gasteiger partial charge in [-0.15, -0.1) is 5.11 Å². The molecule has 1 N–H and O–H groups in total. The van der Waals surface area contributed by atoms with Gasteiger partial charge in [0.05, 0.1) is 6.54 Å². The smallest absolute Gasteiger partial charge is 0.302 e. The van der Waals surface area contributed by atoms with Crippen molar-refractivity contribution in [3.05, 3.63) is 12.3 Å². The molecule has 0 atom stereocenters. The largest absolute Gasteiger partial charge is 0.365 e. The number of carbonyl (C=O) groups is 1. The standard InChI is InChI=1S/C10H17N5O/c1-4-15(5-2)7-6-11-9-8(3)13-14-10(16)12-9/h3-7H2,1-2H3,(H,11,12,16). The number of hydrogen-bond acceptors (Lipinski definition) is 4. The van der Waals surface area contributed by atoms with E-state index in [1.54, 1.807) is 0 Å². The second kappa shape index (κ2) is 6.12. The molecular formula is C10H17N5O. The van der Waals surface area contributed by atoms with Gasteiger partial charge in [-0.2, -0.15) is 0 Å². The molecule has 0 bridgehead atoms. The van der Waals surface area contributed by atoms with E-state index in [-0.39, 0.29) is 0 Å². The fourth-order valence-electron chi connectivity index (χ4n) is 1.33. The van der Waals surface area contributed by atoms with Crippen LogP contribution in [-0.4, -0.2) is 42.9 Å². The van der Waals surface area contributed by atoms with Crippen LogP contribution in [-0.2, 0) is 0 Å². The minimum atomic E-state index is -0.492. The van der Waals surface area contributed by atoms with Gasteiger partial charge >= 0.3 is 6.03 Å². The van der Waals surface area contributed by atoms with E-state index in [4.69, 9.17) is 0 Å². The van der Waals surface area contributed by atoms with Crippen molar-refractivity contribution in [2.45, 2.75) is 13.8 Å². The highest BCUT2D eigenvalue weighted by atomic mass is 16.2. The average molecular weight is 223 g/mol. The molecule has 0 spiro atoms. The predicted octanol–water partition coefficient (Wildman–Crippen LogP) is 1.42. The number of nitrogens with one attached hydrogen (secondary N) is 1. The molecule has 1 heterocycles. The number of amidine groups is 1. The lowest BCUT2D eigenvalue weighted by Gasteiger charge is -2.16. The molecule has 1 rings (SSSR count). The summed E-state index contributed by atoms with van der Waals surface area (Å²) < 4.78 is 0. The first kappa shape index (κ1) is 12.5. The molecule has 16 heavy (non-hydrogen) atoms. The monoisotopic (exact) mass is 223 g/mol. The molecule has 0 aromatic rings. The highest BCUT2D eigenvalue weighted by molar-refractivity contribution is 6.08. The van der Waals surface area contributed by atoms with Gasteiger partial charge in [0.15, 0.2) is 5.84 Å². The Morgan fingerprint density at radius 2 is 2.06 bits per heavy atom. The molecule has 0 aromatic heterocycles. The van der Waals surface area contributed by atoms with Crippen molar-refractivity contribution in [1.29, 1.82) is 0 Å². The lowest BCUT2D eigenvalue weighted by molar-refractivity contribution is 0.251. The zero-order valence-corrected chi connectivity index (χ0v) is 9.73. The summed E-state index contributed by atoms with van der Waals surface area (Å²) in [5, 5.41) is 9.43. The first-order valence-corrected chi connectivity index (χ1v) is 5.36. The van der Waals surface area contributed by atoms with Gasteiger partial charge in [0.2, 0.25) is 0 Å². The van der Waals surface area contributed by atoms with Gasteiger partial charge in [-0.1, -0.05) is 25.5 Å². The van der Waals surface area contributed by atoms with Crippen molar-refractivity contribution in [3.63, 3.8) is 0 Å². The van der Waals surface area contributed by atoms with Gasteiger partial charge in [0.1, 0.15) is 5.70 Å². The van der Waals surface area contributed by atoms with Gasteiger partial charge in [0, 0.05) is 6.54 Å². The van der Waals surface area contributed by atoms with Gasteiger partial charge in [-0.25, -0.2) is 4.79 Å². The minimum Gasteiger partial charge on any atom is -0.302 e. The number of carbonyl (C=O) groups excluding carboxylic acids is 1. The minimum absolute atomic E-state index is 0.402. The van der Waals surface area contributed by atoms with Crippen molar-refractivity contribution >= 4 is 11.9 Å². The van der Waals surface area contributed by atoms with Gasteiger partial charge < -0.3 is 4.90 Å². The summed E-state index contributed by atoms with van der Waals surface area (Å²) in [6.07, 6.45) is 0. The third-order valence-electron chi connectivity index (χ3n) is 2.34. The SMILES string of the molecule is C=C1N=NC(=O)NC1=NCCN(CC)CC. The molecule has 0 aliphatic carbocycles. The Hall–Kier alpha value is -1.56. The Morgan fingerprint density at radius 3 is 2.69 bits per heavy atom. The van der Waals surface area contributed by atoms with Crippen molar-refractivity contribution in [3.8, 4) is 0 Å². The number of aliphatic imine (C=N–C) groups is 1. The molecule has 0 saturated heterocycles. The normalized spacial score (nSPS) is 18.3. The Kier molecular flexibility index (Phi) is 4.78. The second-order valence-electron chi connectivity index (χ2n) is 3.33. The third-order valence-corrected chi connectivity index (χ3v) is 2.34. The zero-order valence-electron chi connectivity index (χ0n) is 9.73. The Bertz CT molecular complexity index is 330. The number of urea groups is 1. The highest BCUT2D eigenvalue weighted by Gasteiger charge is 2.13. The molecular weight excluding hydrogens is 206 g/mol. The van der Waals surface area contributed by atoms with Crippen LogP contribution in [0.4, 0.5) is 4.79 Å². The van der Waals surface area contributed by atoms with Crippen LogP contribution in [0.15, 0.2) is 27.5 Å². The summed E-state index contributed by atoms with van der Waals surface area (Å²) in [5.74, 6) is 0.423. The Morgan fingerprint density at radius 1 is 1.38 bits per heavy atom. The van der Waals surface area contributed by atoms with Crippen LogP contribution in [0.3, 0.4) is 0 Å². The van der Waals surface area contributed by atoms with Crippen LogP contribution in [0.2, 0.25) is 0 Å². The van der Waals surface area contributed by atoms with E-state index in [0.717, 1.165) is 19.6 Å². The van der Waals surface area contributed by atoms with Crippen molar-refractivity contribution in [1.82, 2.24) is 10.2 Å². The van der Waals surface area contributed by atoms with Crippen molar-refractivity contribution in [2.24, 2.45) is 15.2 Å². The zero-order chi connectivity index (χ0) is 12.0. The van der Waals surface area contributed by atoms with Gasteiger partial charge in [-0.3, -0.25) is 10.3 Å². The summed E-state index contributed by atoms with van der Waals surface area (Å²) in [5.41, 5.74) is 0.402. The average Bonchev–Trinajstić information content (AvgIpc) is 2.29. The summed E-state index contributed by atoms with van der Waals surface area (Å²) in [7, 11) is 0. The second-order valence-corrected chi connectivity index (χ2v) is 3.33. The van der Waals surface area contributed by atoms with Gasteiger partial charge in [0.25, 0.3) is 0 Å². The van der Waals surface area contributed by atoms with Crippen LogP contribution in [0, 0.1) is 0 Å². The molecule has 0 radical (unpaired) electrons. The number of amides is 2. The highest BCUT2D eigenvalue weighted by Crippen LogP contribution is 2.02. The molecule has 0 aromatic carbocycles. The van der Waals surface area contributed by atoms with E-state index in [1.165, 1.54) is 0 Å². The van der Waals surface area contributed by atoms with Crippen LogP contribution in [0.25, 0.3) is 0 Å². The molecule has 6 nitrogen and oxygen atoms in total. The fraction of sp³-hybridized carbons (Fsp3) is 0.600. The number of rotatable bonds is 5. The third kappa shape index (κ3) is 3.54. The Labute approximate surface area is 95.1 Å². The van der Waals surface area contributed by atoms with E-state index < -0.39 is 6.03 Å². The van der Waals surface area contributed by atoms with E-state index in [1.807, 2.05) is 0 Å². The molecule has 0 fully saturated rings. The molecule has 2 amide bonds. The number of azo groups is 1.